The number of hydrogen-bond donors (Lipinski definition) is 2. The smallest absolute Gasteiger partial charge is 0.356 e. The minimum Gasteiger partial charge on any atom is -0.356 e. The van der Waals surface area contributed by atoms with Gasteiger partial charge in [0.15, 0.2) is 0 Å². The van der Waals surface area contributed by atoms with E-state index in [-0.39, 0.29) is 36.4 Å². The van der Waals surface area contributed by atoms with Crippen molar-refractivity contribution in [3.63, 3.8) is 0 Å². The van der Waals surface area contributed by atoms with Gasteiger partial charge in [0.25, 0.3) is 0 Å². The zero-order chi connectivity index (χ0) is 22.7. The van der Waals surface area contributed by atoms with Crippen LogP contribution in [0.1, 0.15) is 50.2 Å². The van der Waals surface area contributed by atoms with Gasteiger partial charge in [-0.3, -0.25) is 14.5 Å². The third kappa shape index (κ3) is 9.01. The van der Waals surface area contributed by atoms with Gasteiger partial charge in [-0.2, -0.15) is 13.2 Å². The maximum absolute atomic E-state index is 12.7. The lowest BCUT2D eigenvalue weighted by molar-refractivity contribution is -0.137. The summed E-state index contributed by atoms with van der Waals surface area (Å²) in [5.41, 5.74) is -0.500. The Labute approximate surface area is 181 Å². The predicted octanol–water partition coefficient (Wildman–Crippen LogP) is 3.19. The van der Waals surface area contributed by atoms with E-state index in [9.17, 15) is 22.8 Å². The number of likely N-dealkylation sites (tertiary alicyclic amines) is 1. The van der Waals surface area contributed by atoms with Crippen LogP contribution in [0.3, 0.4) is 0 Å². The molecule has 1 fully saturated rings. The van der Waals surface area contributed by atoms with Gasteiger partial charge in [0, 0.05) is 18.0 Å². The number of unbranched alkanes of at least 4 members (excludes halogenated alkanes) is 2. The monoisotopic (exact) mass is 437 g/mol. The fraction of sp³-hybridized carbons (Fsp3) is 0.565. The predicted molar refractivity (Wildman–Crippen MR) is 113 cm³/mol. The van der Waals surface area contributed by atoms with Crippen molar-refractivity contribution in [1.29, 1.82) is 0 Å². The Morgan fingerprint density at radius 1 is 1.16 bits per heavy atom. The van der Waals surface area contributed by atoms with Crippen LogP contribution < -0.4 is 10.6 Å². The highest BCUT2D eigenvalue weighted by Gasteiger charge is 2.30. The maximum atomic E-state index is 12.7. The number of amides is 2. The molecule has 5 nitrogen and oxygen atoms in total. The van der Waals surface area contributed by atoms with E-state index >= 15 is 0 Å². The Balaban J connectivity index is 1.67. The van der Waals surface area contributed by atoms with E-state index in [2.05, 4.69) is 29.4 Å². The molecule has 0 spiro atoms. The summed E-state index contributed by atoms with van der Waals surface area (Å²) >= 11 is 0. The molecule has 0 atom stereocenters. The fourth-order valence-electron chi connectivity index (χ4n) is 3.41. The SMILES string of the molecule is CCCCCNC(=O)C1CCN(CC(=O)NCC#Cc2cccc(C(F)(F)F)c2)CC1. The molecule has 1 heterocycles. The molecule has 2 N–H and O–H groups in total. The van der Waals surface area contributed by atoms with Gasteiger partial charge in [-0.05, 0) is 50.6 Å². The zero-order valence-electron chi connectivity index (χ0n) is 17.9. The van der Waals surface area contributed by atoms with Gasteiger partial charge in [0.2, 0.25) is 11.8 Å². The van der Waals surface area contributed by atoms with Gasteiger partial charge in [-0.25, -0.2) is 0 Å². The fourth-order valence-corrected chi connectivity index (χ4v) is 3.41. The molecule has 2 rings (SSSR count). The number of carbonyl (C=O) groups is 2. The average Bonchev–Trinajstić information content (AvgIpc) is 2.74. The third-order valence-corrected chi connectivity index (χ3v) is 5.20. The molecule has 170 valence electrons. The van der Waals surface area contributed by atoms with E-state index in [4.69, 9.17) is 0 Å². The van der Waals surface area contributed by atoms with E-state index in [0.717, 1.165) is 50.8 Å². The molecule has 31 heavy (non-hydrogen) atoms. The second kappa shape index (κ2) is 12.4. The molecule has 1 saturated heterocycles. The first-order valence-corrected chi connectivity index (χ1v) is 10.7. The summed E-state index contributed by atoms with van der Waals surface area (Å²) in [5.74, 6) is 5.22. The Bertz CT molecular complexity index is 791. The Hall–Kier alpha value is -2.53. The molecular weight excluding hydrogens is 407 g/mol. The number of piperidine rings is 1. The standard InChI is InChI=1S/C23H30F3N3O2/c1-2-3-4-12-28-22(31)19-10-14-29(15-11-19)17-21(30)27-13-6-8-18-7-5-9-20(16-18)23(24,25)26/h5,7,9,16,19H,2-4,10-15,17H2,1H3,(H,27,30)(H,28,31). The number of carbonyl (C=O) groups excluding carboxylic acids is 2. The first kappa shape index (κ1) is 24.7. The molecule has 0 aliphatic carbocycles. The van der Waals surface area contributed by atoms with E-state index < -0.39 is 11.7 Å². The minimum atomic E-state index is -4.41. The number of benzene rings is 1. The lowest BCUT2D eigenvalue weighted by Crippen LogP contribution is -2.44. The van der Waals surface area contributed by atoms with Crippen LogP contribution in [0.5, 0.6) is 0 Å². The summed E-state index contributed by atoms with van der Waals surface area (Å²) in [5, 5.41) is 5.65. The highest BCUT2D eigenvalue weighted by molar-refractivity contribution is 5.79. The molecular formula is C23H30F3N3O2. The second-order valence-corrected chi connectivity index (χ2v) is 7.71. The molecule has 0 radical (unpaired) electrons. The van der Waals surface area contributed by atoms with Crippen LogP contribution in [-0.2, 0) is 15.8 Å². The third-order valence-electron chi connectivity index (χ3n) is 5.20. The van der Waals surface area contributed by atoms with Crippen LogP contribution in [-0.4, -0.2) is 49.4 Å². The molecule has 2 amide bonds. The highest BCUT2D eigenvalue weighted by atomic mass is 19.4. The summed E-state index contributed by atoms with van der Waals surface area (Å²) in [6.07, 6.45) is 0.267. The summed E-state index contributed by atoms with van der Waals surface area (Å²) in [7, 11) is 0. The van der Waals surface area contributed by atoms with Gasteiger partial charge in [-0.1, -0.05) is 37.7 Å². The molecule has 1 aromatic rings. The van der Waals surface area contributed by atoms with Gasteiger partial charge >= 0.3 is 6.18 Å². The van der Waals surface area contributed by atoms with E-state index in [0.29, 0.717) is 13.1 Å². The number of nitrogens with zero attached hydrogens (tertiary/aromatic N) is 1. The van der Waals surface area contributed by atoms with E-state index in [1.165, 1.54) is 12.1 Å². The van der Waals surface area contributed by atoms with Crippen molar-refractivity contribution in [1.82, 2.24) is 15.5 Å². The number of alkyl halides is 3. The quantitative estimate of drug-likeness (QED) is 0.485. The van der Waals surface area contributed by atoms with Crippen molar-refractivity contribution in [2.24, 2.45) is 5.92 Å². The Morgan fingerprint density at radius 2 is 1.90 bits per heavy atom. The maximum Gasteiger partial charge on any atom is 0.416 e. The summed E-state index contributed by atoms with van der Waals surface area (Å²) < 4.78 is 38.1. The number of halogens is 3. The summed E-state index contributed by atoms with van der Waals surface area (Å²) in [4.78, 5) is 26.2. The zero-order valence-corrected chi connectivity index (χ0v) is 17.9. The normalized spacial score (nSPS) is 15.1. The first-order valence-electron chi connectivity index (χ1n) is 10.7. The van der Waals surface area contributed by atoms with E-state index in [1.807, 2.05) is 4.90 Å². The number of rotatable bonds is 8. The molecule has 0 saturated carbocycles. The Kier molecular flexibility index (Phi) is 9.86. The number of hydrogen-bond acceptors (Lipinski definition) is 3. The van der Waals surface area contributed by atoms with E-state index in [1.54, 1.807) is 0 Å². The van der Waals surface area contributed by atoms with Crippen molar-refractivity contribution < 1.29 is 22.8 Å². The molecule has 0 unspecified atom stereocenters. The average molecular weight is 438 g/mol. The molecule has 8 heteroatoms. The lowest BCUT2D eigenvalue weighted by atomic mass is 9.96. The Morgan fingerprint density at radius 3 is 2.58 bits per heavy atom. The van der Waals surface area contributed by atoms with Crippen LogP contribution in [0.25, 0.3) is 0 Å². The van der Waals surface area contributed by atoms with Crippen LogP contribution >= 0.6 is 0 Å². The topological polar surface area (TPSA) is 61.4 Å². The van der Waals surface area contributed by atoms with Gasteiger partial charge in [0.05, 0.1) is 18.7 Å². The molecule has 1 aliphatic rings. The van der Waals surface area contributed by atoms with Crippen molar-refractivity contribution >= 4 is 11.8 Å². The lowest BCUT2D eigenvalue weighted by Gasteiger charge is -2.30. The molecule has 1 aliphatic heterocycles. The largest absolute Gasteiger partial charge is 0.416 e. The van der Waals surface area contributed by atoms with Crippen molar-refractivity contribution in [3.8, 4) is 11.8 Å². The van der Waals surface area contributed by atoms with Crippen LogP contribution in [0.15, 0.2) is 24.3 Å². The van der Waals surface area contributed by atoms with Crippen molar-refractivity contribution in [2.45, 2.75) is 45.2 Å². The van der Waals surface area contributed by atoms with Crippen LogP contribution in [0.2, 0.25) is 0 Å². The van der Waals surface area contributed by atoms with Gasteiger partial charge in [0.1, 0.15) is 0 Å². The highest BCUT2D eigenvalue weighted by Crippen LogP contribution is 2.29. The summed E-state index contributed by atoms with van der Waals surface area (Å²) in [6.45, 7) is 4.47. The van der Waals surface area contributed by atoms with Crippen molar-refractivity contribution in [2.75, 3.05) is 32.7 Å². The van der Waals surface area contributed by atoms with Crippen LogP contribution in [0, 0.1) is 17.8 Å². The minimum absolute atomic E-state index is 0.000679. The van der Waals surface area contributed by atoms with Gasteiger partial charge in [-0.15, -0.1) is 0 Å². The van der Waals surface area contributed by atoms with Gasteiger partial charge < -0.3 is 10.6 Å². The molecule has 0 aromatic heterocycles. The molecule has 1 aromatic carbocycles. The number of nitrogens with one attached hydrogen (secondary N) is 2. The summed E-state index contributed by atoms with van der Waals surface area (Å²) in [6, 6.07) is 4.78. The molecule has 0 bridgehead atoms. The van der Waals surface area contributed by atoms with Crippen LogP contribution in [0.4, 0.5) is 13.2 Å². The second-order valence-electron chi connectivity index (χ2n) is 7.71. The first-order chi connectivity index (χ1) is 14.8. The van der Waals surface area contributed by atoms with Crippen molar-refractivity contribution in [3.05, 3.63) is 35.4 Å².